The highest BCUT2D eigenvalue weighted by molar-refractivity contribution is 6.42. The first-order chi connectivity index (χ1) is 8.32. The van der Waals surface area contributed by atoms with Gasteiger partial charge in [0.25, 0.3) is 0 Å². The second kappa shape index (κ2) is 6.41. The first-order valence-electron chi connectivity index (χ1n) is 5.83. The van der Waals surface area contributed by atoms with Crippen molar-refractivity contribution in [3.8, 4) is 0 Å². The zero-order chi connectivity index (χ0) is 13.9. The van der Waals surface area contributed by atoms with Crippen LogP contribution in [0.5, 0.6) is 0 Å². The lowest BCUT2D eigenvalue weighted by Crippen LogP contribution is -2.45. The number of amides is 1. The molecule has 0 heterocycles. The number of rotatable bonds is 4. The Kier molecular flexibility index (Phi) is 5.45. The van der Waals surface area contributed by atoms with Gasteiger partial charge in [-0.25, -0.2) is 0 Å². The van der Waals surface area contributed by atoms with Crippen LogP contribution >= 0.6 is 23.2 Å². The van der Waals surface area contributed by atoms with Crippen molar-refractivity contribution in [3.05, 3.63) is 33.8 Å². The Labute approximate surface area is 118 Å². The molecule has 0 unspecified atom stereocenters. The maximum Gasteiger partial charge on any atom is 0.239 e. The van der Waals surface area contributed by atoms with Gasteiger partial charge in [0.15, 0.2) is 0 Å². The topological polar surface area (TPSA) is 46.3 Å². The fourth-order valence-corrected chi connectivity index (χ4v) is 1.93. The van der Waals surface area contributed by atoms with Crippen LogP contribution in [0.2, 0.25) is 10.0 Å². The highest BCUT2D eigenvalue weighted by atomic mass is 35.5. The van der Waals surface area contributed by atoms with Crippen molar-refractivity contribution < 1.29 is 4.79 Å². The van der Waals surface area contributed by atoms with Crippen molar-refractivity contribution in [1.29, 1.82) is 0 Å². The van der Waals surface area contributed by atoms with Crippen LogP contribution in [0.3, 0.4) is 0 Å². The summed E-state index contributed by atoms with van der Waals surface area (Å²) in [5, 5.41) is 1.00. The van der Waals surface area contributed by atoms with Crippen molar-refractivity contribution in [3.63, 3.8) is 0 Å². The number of carbonyl (C=O) groups excluding carboxylic acids is 1. The van der Waals surface area contributed by atoms with Crippen molar-refractivity contribution >= 4 is 29.1 Å². The molecule has 1 amide bonds. The van der Waals surface area contributed by atoms with E-state index in [0.717, 1.165) is 5.56 Å². The van der Waals surface area contributed by atoms with Crippen LogP contribution in [0.25, 0.3) is 0 Å². The minimum absolute atomic E-state index is 0.0731. The summed E-state index contributed by atoms with van der Waals surface area (Å²) in [7, 11) is 0. The number of halogens is 2. The second-order valence-electron chi connectivity index (χ2n) is 4.60. The van der Waals surface area contributed by atoms with E-state index in [1.807, 2.05) is 19.9 Å². The molecule has 0 radical (unpaired) electrons. The van der Waals surface area contributed by atoms with E-state index in [2.05, 4.69) is 0 Å². The van der Waals surface area contributed by atoms with Gasteiger partial charge in [0, 0.05) is 12.6 Å². The Balaban J connectivity index is 2.90. The summed E-state index contributed by atoms with van der Waals surface area (Å²) in [6.07, 6.45) is 0. The molecule has 0 aliphatic heterocycles. The number of nitrogens with zero attached hydrogens (tertiary/aromatic N) is 1. The number of hydrogen-bond acceptors (Lipinski definition) is 2. The monoisotopic (exact) mass is 288 g/mol. The Morgan fingerprint density at radius 1 is 1.28 bits per heavy atom. The lowest BCUT2D eigenvalue weighted by molar-refractivity contribution is -0.134. The van der Waals surface area contributed by atoms with Gasteiger partial charge in [-0.05, 0) is 38.5 Å². The normalized spacial score (nSPS) is 12.6. The van der Waals surface area contributed by atoms with E-state index in [9.17, 15) is 4.79 Å². The molecule has 5 heteroatoms. The number of hydrogen-bond donors (Lipinski definition) is 1. The summed E-state index contributed by atoms with van der Waals surface area (Å²) in [4.78, 5) is 13.7. The van der Waals surface area contributed by atoms with Crippen LogP contribution in [-0.2, 0) is 11.3 Å². The quantitative estimate of drug-likeness (QED) is 0.926. The SMILES string of the molecule is CC(C)N(Cc1ccc(Cl)c(Cl)c1)C(=O)[C@@H](C)N. The Bertz CT molecular complexity index is 433. The molecule has 100 valence electrons. The third-order valence-corrected chi connectivity index (χ3v) is 3.37. The van der Waals surface area contributed by atoms with E-state index in [0.29, 0.717) is 16.6 Å². The molecule has 1 aromatic rings. The zero-order valence-corrected chi connectivity index (χ0v) is 12.3. The van der Waals surface area contributed by atoms with Crippen LogP contribution < -0.4 is 5.73 Å². The first-order valence-corrected chi connectivity index (χ1v) is 6.58. The van der Waals surface area contributed by atoms with Gasteiger partial charge in [-0.15, -0.1) is 0 Å². The molecule has 0 fully saturated rings. The highest BCUT2D eigenvalue weighted by Crippen LogP contribution is 2.23. The molecule has 0 aliphatic carbocycles. The van der Waals surface area contributed by atoms with Crippen molar-refractivity contribution in [2.24, 2.45) is 5.73 Å². The van der Waals surface area contributed by atoms with Gasteiger partial charge < -0.3 is 10.6 Å². The summed E-state index contributed by atoms with van der Waals surface area (Å²) in [6.45, 7) is 6.08. The second-order valence-corrected chi connectivity index (χ2v) is 5.41. The predicted octanol–water partition coefficient (Wildman–Crippen LogP) is 3.08. The van der Waals surface area contributed by atoms with Gasteiger partial charge in [0.05, 0.1) is 16.1 Å². The minimum Gasteiger partial charge on any atom is -0.335 e. The first kappa shape index (κ1) is 15.3. The summed E-state index contributed by atoms with van der Waals surface area (Å²) in [5.41, 5.74) is 6.58. The molecule has 0 saturated carbocycles. The highest BCUT2D eigenvalue weighted by Gasteiger charge is 2.20. The van der Waals surface area contributed by atoms with Gasteiger partial charge in [-0.1, -0.05) is 29.3 Å². The molecule has 1 rings (SSSR count). The van der Waals surface area contributed by atoms with Crippen LogP contribution in [0.4, 0.5) is 0 Å². The van der Waals surface area contributed by atoms with E-state index in [-0.39, 0.29) is 11.9 Å². The average Bonchev–Trinajstić information content (AvgIpc) is 2.29. The van der Waals surface area contributed by atoms with Crippen LogP contribution in [0.1, 0.15) is 26.3 Å². The van der Waals surface area contributed by atoms with E-state index in [4.69, 9.17) is 28.9 Å². The van der Waals surface area contributed by atoms with Gasteiger partial charge in [-0.3, -0.25) is 4.79 Å². The predicted molar refractivity (Wildman–Crippen MR) is 75.8 cm³/mol. The van der Waals surface area contributed by atoms with Crippen molar-refractivity contribution in [1.82, 2.24) is 4.90 Å². The standard InChI is InChI=1S/C13H18Cl2N2O/c1-8(2)17(13(18)9(3)16)7-10-4-5-11(14)12(15)6-10/h4-6,8-9H,7,16H2,1-3H3/t9-/m1/s1. The van der Waals surface area contributed by atoms with E-state index < -0.39 is 6.04 Å². The molecule has 0 saturated heterocycles. The van der Waals surface area contributed by atoms with Crippen molar-refractivity contribution in [2.75, 3.05) is 0 Å². The molecule has 1 aromatic carbocycles. The molecule has 3 nitrogen and oxygen atoms in total. The summed E-state index contributed by atoms with van der Waals surface area (Å²) < 4.78 is 0. The largest absolute Gasteiger partial charge is 0.335 e. The molecule has 1 atom stereocenters. The molecule has 18 heavy (non-hydrogen) atoms. The fraction of sp³-hybridized carbons (Fsp3) is 0.462. The third kappa shape index (κ3) is 3.87. The third-order valence-electron chi connectivity index (χ3n) is 2.63. The van der Waals surface area contributed by atoms with E-state index >= 15 is 0 Å². The summed E-state index contributed by atoms with van der Waals surface area (Å²) in [5.74, 6) is -0.0731. The molecule has 2 N–H and O–H groups in total. The Morgan fingerprint density at radius 3 is 2.33 bits per heavy atom. The van der Waals surface area contributed by atoms with Crippen molar-refractivity contribution in [2.45, 2.75) is 39.4 Å². The maximum absolute atomic E-state index is 12.0. The smallest absolute Gasteiger partial charge is 0.239 e. The molecule has 0 spiro atoms. The summed E-state index contributed by atoms with van der Waals surface area (Å²) >= 11 is 11.8. The fourth-order valence-electron chi connectivity index (χ4n) is 1.61. The Hall–Kier alpha value is -0.770. The molecular formula is C13H18Cl2N2O. The molecular weight excluding hydrogens is 271 g/mol. The molecule has 0 bridgehead atoms. The number of carbonyl (C=O) groups is 1. The average molecular weight is 289 g/mol. The minimum atomic E-state index is -0.504. The van der Waals surface area contributed by atoms with Crippen LogP contribution in [-0.4, -0.2) is 22.9 Å². The van der Waals surface area contributed by atoms with Gasteiger partial charge in [-0.2, -0.15) is 0 Å². The Morgan fingerprint density at radius 2 is 1.89 bits per heavy atom. The number of benzene rings is 1. The maximum atomic E-state index is 12.0. The lowest BCUT2D eigenvalue weighted by Gasteiger charge is -2.28. The van der Waals surface area contributed by atoms with E-state index in [1.54, 1.807) is 24.0 Å². The van der Waals surface area contributed by atoms with Crippen LogP contribution in [0.15, 0.2) is 18.2 Å². The van der Waals surface area contributed by atoms with E-state index in [1.165, 1.54) is 0 Å². The molecule has 0 aromatic heterocycles. The van der Waals surface area contributed by atoms with Gasteiger partial charge >= 0.3 is 0 Å². The lowest BCUT2D eigenvalue weighted by atomic mass is 10.1. The van der Waals surface area contributed by atoms with Gasteiger partial charge in [0.1, 0.15) is 0 Å². The van der Waals surface area contributed by atoms with Crippen LogP contribution in [0, 0.1) is 0 Å². The number of nitrogens with two attached hydrogens (primary N) is 1. The molecule has 0 aliphatic rings. The van der Waals surface area contributed by atoms with Gasteiger partial charge in [0.2, 0.25) is 5.91 Å². The zero-order valence-electron chi connectivity index (χ0n) is 10.8. The summed E-state index contributed by atoms with van der Waals surface area (Å²) in [6, 6.07) is 4.94.